The van der Waals surface area contributed by atoms with E-state index in [-0.39, 0.29) is 11.9 Å². The lowest BCUT2D eigenvalue weighted by Gasteiger charge is -2.19. The molecule has 0 saturated heterocycles. The minimum Gasteiger partial charge on any atom is -0.490 e. The van der Waals surface area contributed by atoms with E-state index in [9.17, 15) is 4.39 Å². The molecule has 6 heteroatoms. The van der Waals surface area contributed by atoms with Crippen molar-refractivity contribution in [2.24, 2.45) is 10.9 Å². The van der Waals surface area contributed by atoms with Crippen LogP contribution in [0.4, 0.5) is 4.39 Å². The van der Waals surface area contributed by atoms with E-state index < -0.39 is 0 Å². The van der Waals surface area contributed by atoms with Crippen LogP contribution in [0.1, 0.15) is 49.6 Å². The Balaban J connectivity index is 1.64. The fourth-order valence-corrected chi connectivity index (χ4v) is 2.84. The number of nitrogens with one attached hydrogen (secondary N) is 2. The van der Waals surface area contributed by atoms with Gasteiger partial charge in [-0.1, -0.05) is 12.1 Å². The van der Waals surface area contributed by atoms with E-state index in [1.165, 1.54) is 18.9 Å². The van der Waals surface area contributed by atoms with E-state index in [4.69, 9.17) is 4.74 Å². The maximum atomic E-state index is 14.4. The molecule has 1 saturated carbocycles. The van der Waals surface area contributed by atoms with Gasteiger partial charge in [0.2, 0.25) is 0 Å². The molecule has 1 unspecified atom stereocenters. The first-order valence-electron chi connectivity index (χ1n) is 9.94. The number of halogens is 1. The van der Waals surface area contributed by atoms with Gasteiger partial charge in [-0.2, -0.15) is 0 Å². The topological polar surface area (TPSA) is 58.5 Å². The second kappa shape index (κ2) is 9.53. The lowest BCUT2D eigenvalue weighted by Crippen LogP contribution is -2.38. The van der Waals surface area contributed by atoms with Gasteiger partial charge in [-0.05, 0) is 68.9 Å². The summed E-state index contributed by atoms with van der Waals surface area (Å²) in [6.07, 6.45) is 4.15. The number of hydrogen-bond acceptors (Lipinski definition) is 3. The lowest BCUT2D eigenvalue weighted by molar-refractivity contribution is 0.285. The molecule has 2 aromatic rings. The maximum Gasteiger partial charge on any atom is 0.192 e. The third-order valence-corrected chi connectivity index (χ3v) is 4.83. The molecule has 0 aliphatic heterocycles. The van der Waals surface area contributed by atoms with Crippen LogP contribution in [0.5, 0.6) is 5.75 Å². The van der Waals surface area contributed by atoms with Gasteiger partial charge in [-0.3, -0.25) is 4.98 Å². The van der Waals surface area contributed by atoms with Crippen LogP contribution in [0.3, 0.4) is 0 Å². The number of aromatic nitrogens is 1. The number of benzene rings is 1. The molecule has 150 valence electrons. The molecule has 0 bridgehead atoms. The zero-order valence-electron chi connectivity index (χ0n) is 16.8. The smallest absolute Gasteiger partial charge is 0.192 e. The van der Waals surface area contributed by atoms with Crippen LogP contribution in [0.15, 0.2) is 41.5 Å². The molecule has 1 aliphatic carbocycles. The van der Waals surface area contributed by atoms with Crippen LogP contribution in [0.2, 0.25) is 0 Å². The number of aryl methyl sites for hydroxylation is 1. The Kier molecular flexibility index (Phi) is 6.85. The highest BCUT2D eigenvalue weighted by Crippen LogP contribution is 2.30. The van der Waals surface area contributed by atoms with E-state index in [2.05, 4.69) is 20.6 Å². The van der Waals surface area contributed by atoms with Crippen LogP contribution >= 0.6 is 0 Å². The number of nitrogens with zero attached hydrogens (tertiary/aromatic N) is 2. The van der Waals surface area contributed by atoms with Crippen LogP contribution < -0.4 is 15.4 Å². The second-order valence-electron chi connectivity index (χ2n) is 7.27. The third kappa shape index (κ3) is 5.68. The summed E-state index contributed by atoms with van der Waals surface area (Å²) in [5.41, 5.74) is 2.89. The van der Waals surface area contributed by atoms with Gasteiger partial charge in [0, 0.05) is 12.7 Å². The minimum absolute atomic E-state index is 0.102. The molecule has 0 amide bonds. The highest BCUT2D eigenvalue weighted by atomic mass is 19.1. The average Bonchev–Trinajstić information content (AvgIpc) is 3.50. The molecule has 1 aromatic carbocycles. The predicted octanol–water partition coefficient (Wildman–Crippen LogP) is 4.13. The summed E-state index contributed by atoms with van der Waals surface area (Å²) in [5.74, 6) is 1.28. The molecule has 28 heavy (non-hydrogen) atoms. The summed E-state index contributed by atoms with van der Waals surface area (Å²) < 4.78 is 19.9. The fraction of sp³-hybridized carbons (Fsp3) is 0.455. The number of rotatable bonds is 8. The number of hydrogen-bond donors (Lipinski definition) is 2. The van der Waals surface area contributed by atoms with Crippen molar-refractivity contribution in [2.75, 3.05) is 13.2 Å². The van der Waals surface area contributed by atoms with E-state index in [0.29, 0.717) is 30.8 Å². The van der Waals surface area contributed by atoms with Gasteiger partial charge in [0.15, 0.2) is 17.5 Å². The van der Waals surface area contributed by atoms with Crippen molar-refractivity contribution in [3.05, 3.63) is 59.2 Å². The Bertz CT molecular complexity index is 820. The van der Waals surface area contributed by atoms with E-state index >= 15 is 0 Å². The molecule has 1 aliphatic rings. The minimum atomic E-state index is -0.321. The molecule has 5 nitrogen and oxygen atoms in total. The third-order valence-electron chi connectivity index (χ3n) is 4.83. The number of ether oxygens (including phenoxy) is 1. The first-order chi connectivity index (χ1) is 13.6. The molecular weight excluding hydrogens is 355 g/mol. The molecule has 0 spiro atoms. The summed E-state index contributed by atoms with van der Waals surface area (Å²) in [4.78, 5) is 9.00. The van der Waals surface area contributed by atoms with Crippen molar-refractivity contribution in [1.82, 2.24) is 15.6 Å². The summed E-state index contributed by atoms with van der Waals surface area (Å²) in [6.45, 7) is 7.85. The average molecular weight is 384 g/mol. The predicted molar refractivity (Wildman–Crippen MR) is 110 cm³/mol. The summed E-state index contributed by atoms with van der Waals surface area (Å²) in [7, 11) is 0. The molecule has 1 heterocycles. The van der Waals surface area contributed by atoms with Crippen molar-refractivity contribution in [1.29, 1.82) is 0 Å². The number of guanidine groups is 1. The Labute approximate surface area is 166 Å². The number of pyridine rings is 1. The van der Waals surface area contributed by atoms with E-state index in [1.807, 2.05) is 39.0 Å². The maximum absolute atomic E-state index is 14.4. The van der Waals surface area contributed by atoms with Crippen LogP contribution in [0.25, 0.3) is 0 Å². The Morgan fingerprint density at radius 2 is 2.18 bits per heavy atom. The highest BCUT2D eigenvalue weighted by molar-refractivity contribution is 5.80. The SMILES string of the molecule is CCNC(=NCc1ncccc1C)NC(C)c1ccc(OCC2CC2)c(F)c1. The summed E-state index contributed by atoms with van der Waals surface area (Å²) >= 11 is 0. The summed E-state index contributed by atoms with van der Waals surface area (Å²) in [5, 5.41) is 6.57. The van der Waals surface area contributed by atoms with Gasteiger partial charge in [0.1, 0.15) is 0 Å². The van der Waals surface area contributed by atoms with Gasteiger partial charge in [-0.15, -0.1) is 0 Å². The van der Waals surface area contributed by atoms with E-state index in [1.54, 1.807) is 12.3 Å². The van der Waals surface area contributed by atoms with Crippen LogP contribution in [-0.2, 0) is 6.54 Å². The molecule has 0 radical (unpaired) electrons. The van der Waals surface area contributed by atoms with Gasteiger partial charge in [0.05, 0.1) is 24.9 Å². The van der Waals surface area contributed by atoms with Crippen LogP contribution in [-0.4, -0.2) is 24.1 Å². The van der Waals surface area contributed by atoms with Crippen molar-refractivity contribution in [3.63, 3.8) is 0 Å². The molecule has 1 aromatic heterocycles. The first-order valence-corrected chi connectivity index (χ1v) is 9.94. The quantitative estimate of drug-likeness (QED) is 0.531. The van der Waals surface area contributed by atoms with Gasteiger partial charge >= 0.3 is 0 Å². The zero-order valence-corrected chi connectivity index (χ0v) is 16.8. The Morgan fingerprint density at radius 3 is 2.86 bits per heavy atom. The molecule has 1 atom stereocenters. The molecule has 3 rings (SSSR count). The standard InChI is InChI=1S/C22H29FN4O/c1-4-24-22(26-13-20-15(2)6-5-11-25-20)27-16(3)18-9-10-21(19(23)12-18)28-14-17-7-8-17/h5-6,9-12,16-17H,4,7-8,13-14H2,1-3H3,(H2,24,26,27). The van der Waals surface area contributed by atoms with Gasteiger partial charge in [-0.25, -0.2) is 9.38 Å². The zero-order chi connectivity index (χ0) is 19.9. The Morgan fingerprint density at radius 1 is 1.36 bits per heavy atom. The largest absolute Gasteiger partial charge is 0.490 e. The van der Waals surface area contributed by atoms with Crippen molar-refractivity contribution in [3.8, 4) is 5.75 Å². The fourth-order valence-electron chi connectivity index (χ4n) is 2.84. The summed E-state index contributed by atoms with van der Waals surface area (Å²) in [6, 6.07) is 8.99. The second-order valence-corrected chi connectivity index (χ2v) is 7.27. The lowest BCUT2D eigenvalue weighted by atomic mass is 10.1. The van der Waals surface area contributed by atoms with Gasteiger partial charge < -0.3 is 15.4 Å². The van der Waals surface area contributed by atoms with Crippen molar-refractivity contribution < 1.29 is 9.13 Å². The highest BCUT2D eigenvalue weighted by Gasteiger charge is 2.22. The molecule has 1 fully saturated rings. The first kappa shape index (κ1) is 20.1. The molecule has 2 N–H and O–H groups in total. The molecular formula is C22H29FN4O. The monoisotopic (exact) mass is 384 g/mol. The van der Waals surface area contributed by atoms with E-state index in [0.717, 1.165) is 23.4 Å². The van der Waals surface area contributed by atoms with Crippen molar-refractivity contribution in [2.45, 2.75) is 46.2 Å². The Hall–Kier alpha value is -2.63. The van der Waals surface area contributed by atoms with Crippen molar-refractivity contribution >= 4 is 5.96 Å². The van der Waals surface area contributed by atoms with Crippen LogP contribution in [0, 0.1) is 18.7 Å². The number of aliphatic imine (C=N–C) groups is 1. The van der Waals surface area contributed by atoms with Gasteiger partial charge in [0.25, 0.3) is 0 Å². The normalized spacial score (nSPS) is 15.2.